The summed E-state index contributed by atoms with van der Waals surface area (Å²) in [7, 11) is -2.40. The molecule has 0 aliphatic carbocycles. The van der Waals surface area contributed by atoms with Gasteiger partial charge in [0.25, 0.3) is 15.9 Å². The van der Waals surface area contributed by atoms with E-state index in [1.165, 1.54) is 13.2 Å². The summed E-state index contributed by atoms with van der Waals surface area (Å²) < 4.78 is 37.5. The summed E-state index contributed by atoms with van der Waals surface area (Å²) in [5.74, 6) is 0.00552. The van der Waals surface area contributed by atoms with Gasteiger partial charge in [0.15, 0.2) is 0 Å². The third-order valence-corrected chi connectivity index (χ3v) is 5.40. The molecule has 1 saturated heterocycles. The van der Waals surface area contributed by atoms with E-state index in [1.807, 2.05) is 0 Å². The monoisotopic (exact) mass is 327 g/mol. The Morgan fingerprint density at radius 3 is 2.59 bits per heavy atom. The van der Waals surface area contributed by atoms with Crippen LogP contribution in [0.2, 0.25) is 0 Å². The summed E-state index contributed by atoms with van der Waals surface area (Å²) in [4.78, 5) is 12.1. The van der Waals surface area contributed by atoms with Crippen molar-refractivity contribution in [3.05, 3.63) is 23.3 Å². The van der Waals surface area contributed by atoms with E-state index < -0.39 is 22.0 Å². The van der Waals surface area contributed by atoms with E-state index in [2.05, 4.69) is 4.72 Å². The summed E-state index contributed by atoms with van der Waals surface area (Å²) in [5, 5.41) is 0. The number of hydrogen-bond acceptors (Lipinski definition) is 5. The fraction of sp³-hybridized carbons (Fsp3) is 0.533. The third kappa shape index (κ3) is 3.41. The first-order chi connectivity index (χ1) is 10.4. The lowest BCUT2D eigenvalue weighted by atomic mass is 10.1. The first kappa shape index (κ1) is 16.8. The Bertz CT molecular complexity index is 663. The third-order valence-electron chi connectivity index (χ3n) is 3.90. The maximum atomic E-state index is 12.4. The van der Waals surface area contributed by atoms with Gasteiger partial charge in [0, 0.05) is 6.61 Å². The van der Waals surface area contributed by atoms with Crippen LogP contribution in [0.3, 0.4) is 0 Å². The summed E-state index contributed by atoms with van der Waals surface area (Å²) in [5.41, 5.74) is 1.29. The van der Waals surface area contributed by atoms with Crippen LogP contribution in [-0.4, -0.2) is 34.1 Å². The molecule has 1 amide bonds. The Hall–Kier alpha value is -1.60. The lowest BCUT2D eigenvalue weighted by molar-refractivity contribution is -0.133. The number of nitrogens with one attached hydrogen (secondary N) is 1. The van der Waals surface area contributed by atoms with Crippen molar-refractivity contribution < 1.29 is 22.7 Å². The summed E-state index contributed by atoms with van der Waals surface area (Å²) in [6.07, 6.45) is 1.61. The fourth-order valence-corrected chi connectivity index (χ4v) is 3.79. The molecule has 0 saturated carbocycles. The smallest absolute Gasteiger partial charge is 0.264 e. The Kier molecular flexibility index (Phi) is 5.08. The molecule has 1 heterocycles. The molecule has 1 atom stereocenters. The highest BCUT2D eigenvalue weighted by molar-refractivity contribution is 7.90. The van der Waals surface area contributed by atoms with Crippen LogP contribution < -0.4 is 9.46 Å². The van der Waals surface area contributed by atoms with Crippen LogP contribution in [0, 0.1) is 13.8 Å². The van der Waals surface area contributed by atoms with Gasteiger partial charge >= 0.3 is 0 Å². The molecule has 1 aromatic carbocycles. The van der Waals surface area contributed by atoms with Crippen molar-refractivity contribution in [3.8, 4) is 5.75 Å². The van der Waals surface area contributed by atoms with Crippen molar-refractivity contribution in [2.75, 3.05) is 13.7 Å². The Morgan fingerprint density at radius 2 is 2.00 bits per heavy atom. The molecule has 6 nitrogen and oxygen atoms in total. The average Bonchev–Trinajstić information content (AvgIpc) is 2.50. The van der Waals surface area contributed by atoms with Crippen LogP contribution in [0.25, 0.3) is 0 Å². The molecular weight excluding hydrogens is 306 g/mol. The first-order valence-corrected chi connectivity index (χ1v) is 8.67. The van der Waals surface area contributed by atoms with Gasteiger partial charge in [0.2, 0.25) is 0 Å². The number of sulfonamides is 1. The molecule has 1 aromatic rings. The van der Waals surface area contributed by atoms with Crippen LogP contribution in [0.15, 0.2) is 17.0 Å². The molecule has 1 N–H and O–H groups in total. The van der Waals surface area contributed by atoms with E-state index in [0.29, 0.717) is 24.3 Å². The van der Waals surface area contributed by atoms with Crippen molar-refractivity contribution >= 4 is 15.9 Å². The van der Waals surface area contributed by atoms with Gasteiger partial charge in [-0.15, -0.1) is 0 Å². The highest BCUT2D eigenvalue weighted by atomic mass is 32.2. The molecule has 0 aromatic heterocycles. The molecule has 1 unspecified atom stereocenters. The van der Waals surface area contributed by atoms with Crippen LogP contribution in [0.1, 0.15) is 30.4 Å². The van der Waals surface area contributed by atoms with Gasteiger partial charge in [-0.05, 0) is 56.4 Å². The molecule has 1 aliphatic rings. The second-order valence-corrected chi connectivity index (χ2v) is 6.99. The minimum atomic E-state index is -3.92. The van der Waals surface area contributed by atoms with Gasteiger partial charge in [-0.1, -0.05) is 0 Å². The molecule has 2 rings (SSSR count). The van der Waals surface area contributed by atoms with E-state index >= 15 is 0 Å². The van der Waals surface area contributed by atoms with Gasteiger partial charge in [0.1, 0.15) is 11.9 Å². The highest BCUT2D eigenvalue weighted by Crippen LogP contribution is 2.27. The second-order valence-electron chi connectivity index (χ2n) is 5.34. The van der Waals surface area contributed by atoms with Gasteiger partial charge in [-0.2, -0.15) is 0 Å². The fourth-order valence-electron chi connectivity index (χ4n) is 2.48. The average molecular weight is 327 g/mol. The second kappa shape index (κ2) is 6.66. The van der Waals surface area contributed by atoms with E-state index in [0.717, 1.165) is 18.4 Å². The molecular formula is C15H21NO5S. The number of benzene rings is 1. The van der Waals surface area contributed by atoms with Crippen LogP contribution >= 0.6 is 0 Å². The Labute approximate surface area is 130 Å². The predicted molar refractivity (Wildman–Crippen MR) is 81.4 cm³/mol. The number of methoxy groups -OCH3 is 1. The summed E-state index contributed by atoms with van der Waals surface area (Å²) >= 11 is 0. The van der Waals surface area contributed by atoms with Crippen molar-refractivity contribution in [2.24, 2.45) is 0 Å². The molecule has 1 aliphatic heterocycles. The minimum absolute atomic E-state index is 0.0787. The number of rotatable bonds is 4. The van der Waals surface area contributed by atoms with Crippen molar-refractivity contribution in [1.29, 1.82) is 0 Å². The number of carbonyl (C=O) groups excluding carboxylic acids is 1. The van der Waals surface area contributed by atoms with Crippen molar-refractivity contribution in [3.63, 3.8) is 0 Å². The number of hydrogen-bond donors (Lipinski definition) is 1. The summed E-state index contributed by atoms with van der Waals surface area (Å²) in [6.45, 7) is 3.95. The van der Waals surface area contributed by atoms with Gasteiger partial charge in [0.05, 0.1) is 12.0 Å². The first-order valence-electron chi connectivity index (χ1n) is 7.19. The van der Waals surface area contributed by atoms with Crippen LogP contribution in [0.4, 0.5) is 0 Å². The molecule has 122 valence electrons. The number of amides is 1. The number of carbonyl (C=O) groups is 1. The van der Waals surface area contributed by atoms with Gasteiger partial charge in [-0.3, -0.25) is 4.79 Å². The molecule has 7 heteroatoms. The standard InChI is InChI=1S/C15H21NO5S/c1-10-11(2)14(8-7-12(10)20-3)22(18,19)16-15(17)13-6-4-5-9-21-13/h7-8,13H,4-6,9H2,1-3H3,(H,16,17). The Morgan fingerprint density at radius 1 is 1.27 bits per heavy atom. The largest absolute Gasteiger partial charge is 0.496 e. The SMILES string of the molecule is COc1ccc(S(=O)(=O)NC(=O)C2CCCCO2)c(C)c1C. The van der Waals surface area contributed by atoms with E-state index in [9.17, 15) is 13.2 Å². The maximum absolute atomic E-state index is 12.4. The zero-order chi connectivity index (χ0) is 16.3. The minimum Gasteiger partial charge on any atom is -0.496 e. The van der Waals surface area contributed by atoms with Gasteiger partial charge < -0.3 is 9.47 Å². The number of ether oxygens (including phenoxy) is 2. The van der Waals surface area contributed by atoms with E-state index in [-0.39, 0.29) is 4.90 Å². The maximum Gasteiger partial charge on any atom is 0.264 e. The quantitative estimate of drug-likeness (QED) is 0.910. The normalized spacial score (nSPS) is 18.8. The molecule has 1 fully saturated rings. The van der Waals surface area contributed by atoms with Crippen molar-refractivity contribution in [2.45, 2.75) is 44.1 Å². The van der Waals surface area contributed by atoms with Crippen molar-refractivity contribution in [1.82, 2.24) is 4.72 Å². The Balaban J connectivity index is 2.23. The van der Waals surface area contributed by atoms with E-state index in [4.69, 9.17) is 9.47 Å². The topological polar surface area (TPSA) is 81.7 Å². The zero-order valence-corrected chi connectivity index (χ0v) is 13.8. The van der Waals surface area contributed by atoms with Crippen LogP contribution in [-0.2, 0) is 19.6 Å². The van der Waals surface area contributed by atoms with E-state index in [1.54, 1.807) is 19.9 Å². The van der Waals surface area contributed by atoms with Gasteiger partial charge in [-0.25, -0.2) is 13.1 Å². The molecule has 0 spiro atoms. The molecule has 22 heavy (non-hydrogen) atoms. The zero-order valence-electron chi connectivity index (χ0n) is 13.0. The van der Waals surface area contributed by atoms with Crippen LogP contribution in [0.5, 0.6) is 5.75 Å². The molecule has 0 radical (unpaired) electrons. The summed E-state index contributed by atoms with van der Waals surface area (Å²) in [6, 6.07) is 3.02. The predicted octanol–water partition coefficient (Wildman–Crippen LogP) is 1.69. The molecule has 0 bridgehead atoms. The highest BCUT2D eigenvalue weighted by Gasteiger charge is 2.28. The lowest BCUT2D eigenvalue weighted by Crippen LogP contribution is -2.41. The lowest BCUT2D eigenvalue weighted by Gasteiger charge is -2.22.